The molecule has 31 heavy (non-hydrogen) atoms. The Bertz CT molecular complexity index is 1010. The molecule has 0 amide bonds. The fraction of sp³-hybridized carbons (Fsp3) is 0.621. The van der Waals surface area contributed by atoms with Gasteiger partial charge in [0.15, 0.2) is 0 Å². The first kappa shape index (κ1) is 20.0. The Labute approximate surface area is 188 Å². The lowest BCUT2D eigenvalue weighted by atomic mass is 9.49. The van der Waals surface area contributed by atoms with Crippen molar-refractivity contribution in [1.29, 1.82) is 0 Å². The zero-order chi connectivity index (χ0) is 21.2. The van der Waals surface area contributed by atoms with Crippen LogP contribution in [0.25, 0.3) is 16.3 Å². The first-order chi connectivity index (χ1) is 15.0. The molecule has 0 bridgehead atoms. The standard InChI is InChI=1S/C29H38N2/c1-29-14-12-25-24-9-7-23(31(2)3)17-20(24)6-8-26(25)28(29)11-10-27(29)21-5-4-19-13-15-30-18-22(19)16-21/h4-5,10,13,15-16,18,20,23-26,28H,6-9,11-12,14,17H2,1-3H3/t20-,23-,24?,25+,26?,28-,29+/m0/s1. The number of fused-ring (bicyclic) bond motifs is 6. The first-order valence-corrected chi connectivity index (χ1v) is 12.8. The molecule has 4 aliphatic rings. The van der Waals surface area contributed by atoms with E-state index in [-0.39, 0.29) is 0 Å². The molecule has 0 aliphatic heterocycles. The largest absolute Gasteiger partial charge is 0.306 e. The lowest BCUT2D eigenvalue weighted by Crippen LogP contribution is -2.49. The van der Waals surface area contributed by atoms with Gasteiger partial charge in [0, 0.05) is 23.8 Å². The average Bonchev–Trinajstić information content (AvgIpc) is 3.15. The highest BCUT2D eigenvalue weighted by atomic mass is 15.1. The quantitative estimate of drug-likeness (QED) is 0.536. The molecule has 2 aromatic rings. The molecule has 164 valence electrons. The van der Waals surface area contributed by atoms with Crippen LogP contribution in [0.5, 0.6) is 0 Å². The molecule has 7 atom stereocenters. The van der Waals surface area contributed by atoms with Gasteiger partial charge in [0.25, 0.3) is 0 Å². The van der Waals surface area contributed by atoms with Crippen LogP contribution in [0.15, 0.2) is 42.7 Å². The van der Waals surface area contributed by atoms with Crippen molar-refractivity contribution in [1.82, 2.24) is 9.88 Å². The van der Waals surface area contributed by atoms with Crippen molar-refractivity contribution in [3.8, 4) is 0 Å². The SMILES string of the molecule is CN(C)[C@H]1CCC2[C@@H](CCC3[C@@H]2CC[C@]2(C)C(c4ccc5ccncc5c4)=CC[C@@H]32)C1. The van der Waals surface area contributed by atoms with E-state index in [0.717, 1.165) is 35.6 Å². The molecule has 1 heterocycles. The Morgan fingerprint density at radius 3 is 2.68 bits per heavy atom. The summed E-state index contributed by atoms with van der Waals surface area (Å²) in [5.41, 5.74) is 3.45. The van der Waals surface area contributed by atoms with Crippen LogP contribution >= 0.6 is 0 Å². The Balaban J connectivity index is 1.25. The molecule has 1 aromatic carbocycles. The number of aromatic nitrogens is 1. The summed E-state index contributed by atoms with van der Waals surface area (Å²) >= 11 is 0. The number of allylic oxidation sites excluding steroid dienone is 2. The number of hydrogen-bond acceptors (Lipinski definition) is 2. The second kappa shape index (κ2) is 7.44. The van der Waals surface area contributed by atoms with Crippen LogP contribution in [0.4, 0.5) is 0 Å². The van der Waals surface area contributed by atoms with Crippen LogP contribution in [0.3, 0.4) is 0 Å². The minimum absolute atomic E-state index is 0.366. The van der Waals surface area contributed by atoms with Gasteiger partial charge in [0.05, 0.1) is 0 Å². The maximum atomic E-state index is 4.37. The van der Waals surface area contributed by atoms with Crippen molar-refractivity contribution in [2.45, 2.75) is 64.3 Å². The number of hydrogen-bond donors (Lipinski definition) is 0. The van der Waals surface area contributed by atoms with Gasteiger partial charge in [0.2, 0.25) is 0 Å². The van der Waals surface area contributed by atoms with E-state index in [1.807, 2.05) is 12.4 Å². The van der Waals surface area contributed by atoms with E-state index in [2.05, 4.69) is 61.2 Å². The van der Waals surface area contributed by atoms with Crippen LogP contribution in [0.1, 0.15) is 63.9 Å². The summed E-state index contributed by atoms with van der Waals surface area (Å²) in [5.74, 6) is 4.81. The third kappa shape index (κ3) is 3.12. The summed E-state index contributed by atoms with van der Waals surface area (Å²) in [5, 5.41) is 2.58. The molecular weight excluding hydrogens is 376 g/mol. The smallest absolute Gasteiger partial charge is 0.0346 e. The number of benzene rings is 1. The molecule has 0 radical (unpaired) electrons. The molecule has 4 aliphatic carbocycles. The van der Waals surface area contributed by atoms with E-state index < -0.39 is 0 Å². The van der Waals surface area contributed by atoms with E-state index in [1.54, 1.807) is 5.57 Å². The zero-order valence-corrected chi connectivity index (χ0v) is 19.6. The van der Waals surface area contributed by atoms with Crippen LogP contribution < -0.4 is 0 Å². The van der Waals surface area contributed by atoms with Crippen LogP contribution in [0, 0.1) is 35.0 Å². The predicted octanol–water partition coefficient (Wildman–Crippen LogP) is 6.81. The van der Waals surface area contributed by atoms with Gasteiger partial charge in [-0.3, -0.25) is 4.98 Å². The molecule has 2 unspecified atom stereocenters. The van der Waals surface area contributed by atoms with Crippen LogP contribution in [0.2, 0.25) is 0 Å². The van der Waals surface area contributed by atoms with Crippen molar-refractivity contribution < 1.29 is 0 Å². The van der Waals surface area contributed by atoms with Crippen molar-refractivity contribution >= 4 is 16.3 Å². The molecule has 0 spiro atoms. The number of rotatable bonds is 2. The Kier molecular flexibility index (Phi) is 4.79. The van der Waals surface area contributed by atoms with Crippen molar-refractivity contribution in [3.63, 3.8) is 0 Å². The molecule has 0 N–H and O–H groups in total. The monoisotopic (exact) mass is 414 g/mol. The van der Waals surface area contributed by atoms with Gasteiger partial charge in [-0.2, -0.15) is 0 Å². The maximum absolute atomic E-state index is 4.37. The summed E-state index contributed by atoms with van der Waals surface area (Å²) in [6, 6.07) is 10.0. The van der Waals surface area contributed by atoms with Gasteiger partial charge in [-0.25, -0.2) is 0 Å². The molecule has 2 heteroatoms. The summed E-state index contributed by atoms with van der Waals surface area (Å²) in [4.78, 5) is 6.86. The number of pyridine rings is 1. The lowest BCUT2D eigenvalue weighted by Gasteiger charge is -2.56. The van der Waals surface area contributed by atoms with Gasteiger partial charge in [0.1, 0.15) is 0 Å². The second-order valence-corrected chi connectivity index (χ2v) is 11.6. The topological polar surface area (TPSA) is 16.1 Å². The first-order valence-electron chi connectivity index (χ1n) is 12.8. The zero-order valence-electron chi connectivity index (χ0n) is 19.6. The summed E-state index contributed by atoms with van der Waals surface area (Å²) < 4.78 is 0. The van der Waals surface area contributed by atoms with E-state index in [9.17, 15) is 0 Å². The van der Waals surface area contributed by atoms with E-state index in [4.69, 9.17) is 0 Å². The third-order valence-electron chi connectivity index (χ3n) is 10.2. The normalized spacial score (nSPS) is 39.7. The second-order valence-electron chi connectivity index (χ2n) is 11.6. The molecule has 3 saturated carbocycles. The summed E-state index contributed by atoms with van der Waals surface area (Å²) in [6.07, 6.45) is 18.0. The van der Waals surface area contributed by atoms with Gasteiger partial charge >= 0.3 is 0 Å². The van der Waals surface area contributed by atoms with E-state index >= 15 is 0 Å². The summed E-state index contributed by atoms with van der Waals surface area (Å²) in [6.45, 7) is 2.61. The van der Waals surface area contributed by atoms with Gasteiger partial charge in [-0.15, -0.1) is 0 Å². The maximum Gasteiger partial charge on any atom is 0.0346 e. The average molecular weight is 415 g/mol. The van der Waals surface area contributed by atoms with Crippen LogP contribution in [-0.2, 0) is 0 Å². The molecule has 0 saturated heterocycles. The lowest BCUT2D eigenvalue weighted by molar-refractivity contribution is -0.0482. The highest BCUT2D eigenvalue weighted by molar-refractivity contribution is 5.86. The Morgan fingerprint density at radius 1 is 0.935 bits per heavy atom. The minimum Gasteiger partial charge on any atom is -0.306 e. The van der Waals surface area contributed by atoms with Crippen molar-refractivity contribution in [2.75, 3.05) is 14.1 Å². The molecular formula is C29H38N2. The molecule has 6 rings (SSSR count). The Hall–Kier alpha value is -1.67. The van der Waals surface area contributed by atoms with E-state index in [1.165, 1.54) is 67.7 Å². The molecule has 1 aromatic heterocycles. The highest BCUT2D eigenvalue weighted by Gasteiger charge is 2.54. The van der Waals surface area contributed by atoms with Crippen molar-refractivity contribution in [3.05, 3.63) is 48.3 Å². The Morgan fingerprint density at radius 2 is 1.81 bits per heavy atom. The number of nitrogens with zero attached hydrogens (tertiary/aromatic N) is 2. The van der Waals surface area contributed by atoms with Crippen molar-refractivity contribution in [2.24, 2.45) is 35.0 Å². The van der Waals surface area contributed by atoms with Gasteiger partial charge in [-0.05, 0) is 129 Å². The predicted molar refractivity (Wildman–Crippen MR) is 130 cm³/mol. The van der Waals surface area contributed by atoms with Crippen LogP contribution in [-0.4, -0.2) is 30.0 Å². The van der Waals surface area contributed by atoms with E-state index in [0.29, 0.717) is 5.41 Å². The third-order valence-corrected chi connectivity index (χ3v) is 10.2. The fourth-order valence-electron chi connectivity index (χ4n) is 8.56. The summed E-state index contributed by atoms with van der Waals surface area (Å²) in [7, 11) is 4.58. The minimum atomic E-state index is 0.366. The molecule has 3 fully saturated rings. The van der Waals surface area contributed by atoms with Gasteiger partial charge in [-0.1, -0.05) is 25.1 Å². The van der Waals surface area contributed by atoms with Gasteiger partial charge < -0.3 is 4.90 Å². The molecule has 2 nitrogen and oxygen atoms in total. The highest BCUT2D eigenvalue weighted by Crippen LogP contribution is 2.64. The fourth-order valence-corrected chi connectivity index (χ4v) is 8.56.